The van der Waals surface area contributed by atoms with Gasteiger partial charge in [0.15, 0.2) is 6.61 Å². The number of hydrogen-bond acceptors (Lipinski definition) is 5. The first-order valence-corrected chi connectivity index (χ1v) is 13.7. The highest BCUT2D eigenvalue weighted by molar-refractivity contribution is 5.96. The van der Waals surface area contributed by atoms with Gasteiger partial charge in [-0.25, -0.2) is 0 Å². The van der Waals surface area contributed by atoms with Crippen molar-refractivity contribution in [3.8, 4) is 18.1 Å². The van der Waals surface area contributed by atoms with Crippen LogP contribution in [0.3, 0.4) is 0 Å². The third-order valence-corrected chi connectivity index (χ3v) is 10.4. The summed E-state index contributed by atoms with van der Waals surface area (Å²) >= 11 is 0. The highest BCUT2D eigenvalue weighted by Crippen LogP contribution is 2.67. The summed E-state index contributed by atoms with van der Waals surface area (Å²) in [5, 5.41) is 18.4. The average Bonchev–Trinajstić information content (AvgIpc) is 3.18. The van der Waals surface area contributed by atoms with Crippen molar-refractivity contribution < 1.29 is 19.5 Å². The number of nitrogens with zero attached hydrogens (tertiary/aromatic N) is 1. The molecule has 0 radical (unpaired) electrons. The molecule has 0 bridgehead atoms. The molecule has 4 aliphatic carbocycles. The number of amides is 1. The van der Waals surface area contributed by atoms with Crippen molar-refractivity contribution in [3.63, 3.8) is 0 Å². The molecule has 37 heavy (non-hydrogen) atoms. The Labute approximate surface area is 220 Å². The van der Waals surface area contributed by atoms with Gasteiger partial charge in [-0.1, -0.05) is 42.6 Å². The van der Waals surface area contributed by atoms with Gasteiger partial charge in [0.25, 0.3) is 5.91 Å². The molecule has 3 saturated carbocycles. The molecule has 4 aliphatic rings. The Balaban J connectivity index is 1.18. The van der Waals surface area contributed by atoms with Crippen LogP contribution in [-0.2, 0) is 16.2 Å². The van der Waals surface area contributed by atoms with Crippen LogP contribution < -0.4 is 10.1 Å². The number of oxime groups is 1. The Bertz CT molecular complexity index is 1130. The Morgan fingerprint density at radius 1 is 1.14 bits per heavy atom. The van der Waals surface area contributed by atoms with E-state index in [0.717, 1.165) is 68.4 Å². The number of carbonyl (C=O) groups is 1. The van der Waals surface area contributed by atoms with E-state index in [2.05, 4.69) is 36.3 Å². The van der Waals surface area contributed by atoms with E-state index in [1.165, 1.54) is 5.57 Å². The quantitative estimate of drug-likeness (QED) is 0.422. The van der Waals surface area contributed by atoms with Crippen LogP contribution in [0.5, 0.6) is 5.75 Å². The molecule has 0 saturated heterocycles. The lowest BCUT2D eigenvalue weighted by Crippen LogP contribution is -2.54. The van der Waals surface area contributed by atoms with Crippen molar-refractivity contribution >= 4 is 11.6 Å². The van der Waals surface area contributed by atoms with Crippen LogP contribution in [-0.4, -0.2) is 36.0 Å². The molecular formula is C31H40N2O4. The number of terminal acetylenes is 1. The zero-order valence-electron chi connectivity index (χ0n) is 22.4. The molecule has 0 aliphatic heterocycles. The van der Waals surface area contributed by atoms with Crippen LogP contribution in [0.1, 0.15) is 70.8 Å². The molecule has 0 aromatic heterocycles. The van der Waals surface area contributed by atoms with Crippen LogP contribution >= 0.6 is 0 Å². The Kier molecular flexibility index (Phi) is 6.87. The van der Waals surface area contributed by atoms with Crippen LogP contribution in [0.25, 0.3) is 0 Å². The fourth-order valence-electron chi connectivity index (χ4n) is 8.07. The zero-order valence-corrected chi connectivity index (χ0v) is 22.4. The van der Waals surface area contributed by atoms with E-state index in [4.69, 9.17) is 16.0 Å². The molecule has 1 aromatic rings. The maximum atomic E-state index is 12.2. The van der Waals surface area contributed by atoms with E-state index in [1.807, 2.05) is 24.3 Å². The van der Waals surface area contributed by atoms with Gasteiger partial charge in [0.2, 0.25) is 0 Å². The summed E-state index contributed by atoms with van der Waals surface area (Å²) in [6.45, 7) is 5.02. The number of fused-ring (bicyclic) bond motifs is 5. The first-order chi connectivity index (χ1) is 17.7. The largest absolute Gasteiger partial charge is 0.497 e. The molecule has 2 N–H and O–H groups in total. The highest BCUT2D eigenvalue weighted by atomic mass is 16.6. The SMILES string of the molecule is C#C[C@]1(O)CC[C@H]2[C@H]3CCC4=CC(=NOCC(=O)NCc5ccc(OC)cc5)CC[C@]4(C)[C@H]3CC[C@]21C. The lowest BCUT2D eigenvalue weighted by atomic mass is 9.46. The number of carbonyl (C=O) groups excluding carboxylic acids is 1. The number of nitrogens with one attached hydrogen (secondary N) is 1. The van der Waals surface area contributed by atoms with Gasteiger partial charge in [0, 0.05) is 12.0 Å². The van der Waals surface area contributed by atoms with Crippen LogP contribution in [0, 0.1) is 40.9 Å². The van der Waals surface area contributed by atoms with Crippen LogP contribution in [0.15, 0.2) is 41.1 Å². The van der Waals surface area contributed by atoms with Gasteiger partial charge in [-0.3, -0.25) is 4.79 Å². The van der Waals surface area contributed by atoms with E-state index >= 15 is 0 Å². The van der Waals surface area contributed by atoms with Gasteiger partial charge in [-0.2, -0.15) is 0 Å². The number of hydrogen-bond donors (Lipinski definition) is 2. The second-order valence-corrected chi connectivity index (χ2v) is 12.0. The average molecular weight is 505 g/mol. The van der Waals surface area contributed by atoms with Gasteiger partial charge in [-0.05, 0) is 98.3 Å². The minimum Gasteiger partial charge on any atom is -0.497 e. The van der Waals surface area contributed by atoms with Crippen molar-refractivity contribution in [3.05, 3.63) is 41.5 Å². The third-order valence-electron chi connectivity index (χ3n) is 10.4. The maximum Gasteiger partial charge on any atom is 0.261 e. The van der Waals surface area contributed by atoms with Crippen LogP contribution in [0.4, 0.5) is 0 Å². The molecule has 3 fully saturated rings. The first-order valence-electron chi connectivity index (χ1n) is 13.7. The molecule has 6 atom stereocenters. The predicted octanol–water partition coefficient (Wildman–Crippen LogP) is 5.01. The number of methoxy groups -OCH3 is 1. The van der Waals surface area contributed by atoms with Crippen molar-refractivity contribution in [1.29, 1.82) is 0 Å². The molecule has 0 heterocycles. The lowest BCUT2D eigenvalue weighted by molar-refractivity contribution is -0.125. The molecule has 5 rings (SSSR count). The summed E-state index contributed by atoms with van der Waals surface area (Å²) < 4.78 is 5.16. The summed E-state index contributed by atoms with van der Waals surface area (Å²) in [5.41, 5.74) is 2.44. The fraction of sp³-hybridized carbons (Fsp3) is 0.613. The molecule has 1 amide bonds. The van der Waals surface area contributed by atoms with E-state index < -0.39 is 5.60 Å². The van der Waals surface area contributed by atoms with E-state index in [0.29, 0.717) is 24.3 Å². The Hall–Kier alpha value is -2.78. The van der Waals surface area contributed by atoms with Crippen molar-refractivity contribution in [1.82, 2.24) is 5.32 Å². The molecule has 0 spiro atoms. The molecule has 6 heteroatoms. The number of allylic oxidation sites excluding steroid dienone is 2. The Morgan fingerprint density at radius 3 is 2.62 bits per heavy atom. The fourth-order valence-corrected chi connectivity index (χ4v) is 8.07. The lowest BCUT2D eigenvalue weighted by Gasteiger charge is -2.58. The van der Waals surface area contributed by atoms with Gasteiger partial charge in [0.1, 0.15) is 11.4 Å². The molecule has 198 valence electrons. The smallest absolute Gasteiger partial charge is 0.261 e. The van der Waals surface area contributed by atoms with Gasteiger partial charge >= 0.3 is 0 Å². The summed E-state index contributed by atoms with van der Waals surface area (Å²) in [4.78, 5) is 17.7. The molecular weight excluding hydrogens is 464 g/mol. The number of rotatable bonds is 6. The Morgan fingerprint density at radius 2 is 1.89 bits per heavy atom. The van der Waals surface area contributed by atoms with Crippen LogP contribution in [0.2, 0.25) is 0 Å². The first kappa shape index (κ1) is 25.9. The normalized spacial score (nSPS) is 37.4. The highest BCUT2D eigenvalue weighted by Gasteiger charge is 2.63. The molecule has 0 unspecified atom stereocenters. The number of ether oxygens (including phenoxy) is 1. The van der Waals surface area contributed by atoms with Gasteiger partial charge in [-0.15, -0.1) is 6.42 Å². The van der Waals surface area contributed by atoms with Crippen molar-refractivity contribution in [2.45, 2.75) is 77.4 Å². The second-order valence-electron chi connectivity index (χ2n) is 12.0. The minimum atomic E-state index is -0.954. The number of aliphatic hydroxyl groups is 1. The third kappa shape index (κ3) is 4.46. The predicted molar refractivity (Wildman–Crippen MR) is 144 cm³/mol. The zero-order chi connectivity index (χ0) is 26.3. The minimum absolute atomic E-state index is 0.0941. The van der Waals surface area contributed by atoms with Gasteiger partial charge < -0.3 is 20.0 Å². The van der Waals surface area contributed by atoms with E-state index in [1.54, 1.807) is 7.11 Å². The maximum absolute atomic E-state index is 12.2. The summed E-state index contributed by atoms with van der Waals surface area (Å²) in [5.74, 6) is 5.11. The summed E-state index contributed by atoms with van der Waals surface area (Å²) in [6, 6.07) is 7.60. The molecule has 1 aromatic carbocycles. The standard InChI is InChI=1S/C31H40N2O4/c1-5-31(35)17-14-27-25-11-8-22-18-23(12-15-29(22,2)26(25)13-16-30(27,31)3)33-37-20-28(34)32-19-21-6-9-24(36-4)10-7-21/h1,6-7,9-10,18,25-27,35H,8,11-17,19-20H2,2-4H3,(H,32,34)/t25-,26-,27-,29-,30+,31-/m0/s1. The topological polar surface area (TPSA) is 80.2 Å². The monoisotopic (exact) mass is 504 g/mol. The number of benzene rings is 1. The molecule has 6 nitrogen and oxygen atoms in total. The van der Waals surface area contributed by atoms with E-state index in [-0.39, 0.29) is 23.3 Å². The van der Waals surface area contributed by atoms with Crippen molar-refractivity contribution in [2.24, 2.45) is 33.7 Å². The van der Waals surface area contributed by atoms with E-state index in [9.17, 15) is 9.90 Å². The second kappa shape index (κ2) is 9.83. The van der Waals surface area contributed by atoms with Gasteiger partial charge in [0.05, 0.1) is 12.8 Å². The van der Waals surface area contributed by atoms with Crippen molar-refractivity contribution in [2.75, 3.05) is 13.7 Å². The summed E-state index contributed by atoms with van der Waals surface area (Å²) in [6.07, 6.45) is 16.0. The summed E-state index contributed by atoms with van der Waals surface area (Å²) in [7, 11) is 1.63.